The van der Waals surface area contributed by atoms with E-state index in [-0.39, 0.29) is 5.92 Å². The molecule has 5 nitrogen and oxygen atoms in total. The number of rotatable bonds is 8. The summed E-state index contributed by atoms with van der Waals surface area (Å²) in [6.45, 7) is 1.90. The molecule has 0 radical (unpaired) electrons. The molecule has 2 aliphatic rings. The molecule has 0 unspecified atom stereocenters. The van der Waals surface area contributed by atoms with Crippen LogP contribution in [0.3, 0.4) is 0 Å². The van der Waals surface area contributed by atoms with Gasteiger partial charge in [0.1, 0.15) is 12.4 Å². The Morgan fingerprint density at radius 2 is 1.71 bits per heavy atom. The second kappa shape index (κ2) is 10.4. The molecule has 1 aliphatic carbocycles. The van der Waals surface area contributed by atoms with E-state index < -0.39 is 5.97 Å². The first-order valence-corrected chi connectivity index (χ1v) is 14.2. The van der Waals surface area contributed by atoms with Crippen LogP contribution in [0.4, 0.5) is 5.69 Å². The van der Waals surface area contributed by atoms with Gasteiger partial charge in [-0.05, 0) is 72.3 Å². The van der Waals surface area contributed by atoms with Crippen LogP contribution in [0.1, 0.15) is 51.0 Å². The van der Waals surface area contributed by atoms with Crippen molar-refractivity contribution in [3.63, 3.8) is 0 Å². The van der Waals surface area contributed by atoms with E-state index in [1.165, 1.54) is 16.4 Å². The first-order valence-electron chi connectivity index (χ1n) is 12.3. The molecule has 4 aromatic rings. The normalized spacial score (nSPS) is 15.4. The molecule has 6 rings (SSSR count). The quantitative estimate of drug-likeness (QED) is 0.224. The number of ether oxygens (including phenoxy) is 1. The third-order valence-corrected chi connectivity index (χ3v) is 9.08. The van der Waals surface area contributed by atoms with E-state index in [0.717, 1.165) is 54.0 Å². The van der Waals surface area contributed by atoms with E-state index in [1.54, 1.807) is 18.2 Å². The smallest absolute Gasteiger partial charge is 0.335 e. The van der Waals surface area contributed by atoms with Gasteiger partial charge in [-0.3, -0.25) is 0 Å². The second-order valence-electron chi connectivity index (χ2n) is 9.68. The zero-order valence-electron chi connectivity index (χ0n) is 20.2. The average Bonchev–Trinajstić information content (AvgIpc) is 3.63. The summed E-state index contributed by atoms with van der Waals surface area (Å²) in [5.41, 5.74) is 4.83. The number of hydrogen-bond acceptors (Lipinski definition) is 5. The van der Waals surface area contributed by atoms with Gasteiger partial charge in [0.15, 0.2) is 0 Å². The number of hydrogen-bond donors (Lipinski definition) is 1. The number of carboxylic acid groups (broad SMARTS) is 1. The van der Waals surface area contributed by atoms with Gasteiger partial charge in [0.25, 0.3) is 0 Å². The van der Waals surface area contributed by atoms with Crippen molar-refractivity contribution in [2.75, 3.05) is 18.0 Å². The van der Waals surface area contributed by atoms with Crippen LogP contribution in [0.25, 0.3) is 11.3 Å². The fourth-order valence-corrected chi connectivity index (χ4v) is 6.76. The zero-order valence-corrected chi connectivity index (χ0v) is 23.2. The third-order valence-electron chi connectivity index (χ3n) is 7.10. The Hall–Kier alpha value is -2.77. The summed E-state index contributed by atoms with van der Waals surface area (Å²) >= 11 is 21.2. The number of halogens is 3. The Balaban J connectivity index is 1.16. The van der Waals surface area contributed by atoms with E-state index >= 15 is 0 Å². The monoisotopic (exact) mass is 584 g/mol. The van der Waals surface area contributed by atoms with Crippen LogP contribution in [0.5, 0.6) is 5.75 Å². The minimum absolute atomic E-state index is 0.267. The van der Waals surface area contributed by atoms with Gasteiger partial charge < -0.3 is 14.7 Å². The van der Waals surface area contributed by atoms with Crippen LogP contribution < -0.4 is 9.64 Å². The van der Waals surface area contributed by atoms with Gasteiger partial charge in [0.2, 0.25) is 0 Å². The minimum atomic E-state index is -0.911. The van der Waals surface area contributed by atoms with Crippen molar-refractivity contribution in [2.24, 2.45) is 0 Å². The van der Waals surface area contributed by atoms with Crippen LogP contribution >= 0.6 is 46.3 Å². The summed E-state index contributed by atoms with van der Waals surface area (Å²) in [6, 6.07) is 18.4. The summed E-state index contributed by atoms with van der Waals surface area (Å²) in [5.74, 6) is 0.547. The second-order valence-corrected chi connectivity index (χ2v) is 11.7. The van der Waals surface area contributed by atoms with Crippen molar-refractivity contribution in [1.82, 2.24) is 4.37 Å². The van der Waals surface area contributed by atoms with E-state index in [0.29, 0.717) is 38.9 Å². The van der Waals surface area contributed by atoms with Gasteiger partial charge in [-0.2, -0.15) is 4.37 Å². The highest BCUT2D eigenvalue weighted by atomic mass is 35.5. The van der Waals surface area contributed by atoms with Crippen molar-refractivity contribution in [2.45, 2.75) is 31.3 Å². The molecule has 38 heavy (non-hydrogen) atoms. The highest BCUT2D eigenvalue weighted by Crippen LogP contribution is 2.48. The van der Waals surface area contributed by atoms with Crippen molar-refractivity contribution in [3.05, 3.63) is 97.3 Å². The Labute approximate surface area is 239 Å². The Bertz CT molecular complexity index is 1510. The SMILES string of the molecule is O=C(O)c1cccc(C2CN(c3ccc(OCc4c(-c5c(Cl)cccc5Cl)nsc4C4CC4)cc3Cl)C2)c1. The van der Waals surface area contributed by atoms with Crippen LogP contribution in [0.15, 0.2) is 60.7 Å². The summed E-state index contributed by atoms with van der Waals surface area (Å²) in [7, 11) is 0. The summed E-state index contributed by atoms with van der Waals surface area (Å²) in [6.07, 6.45) is 2.31. The lowest BCUT2D eigenvalue weighted by Gasteiger charge is -2.42. The number of benzene rings is 3. The van der Waals surface area contributed by atoms with E-state index in [4.69, 9.17) is 43.9 Å². The van der Waals surface area contributed by atoms with Gasteiger partial charge >= 0.3 is 5.97 Å². The molecule has 0 spiro atoms. The molecule has 1 N–H and O–H groups in total. The lowest BCUT2D eigenvalue weighted by Crippen LogP contribution is -2.45. The number of anilines is 1. The highest BCUT2D eigenvalue weighted by Gasteiger charge is 2.32. The standard InChI is InChI=1S/C29H23Cl3N2O3S/c30-22-5-2-6-23(31)26(22)27-21(28(38-33-27)16-7-8-16)15-37-20-9-10-25(24(32)12-20)34-13-19(14-34)17-3-1-4-18(11-17)29(35)36/h1-6,9-12,16,19H,7-8,13-15H2,(H,35,36). The fourth-order valence-electron chi connectivity index (χ4n) is 4.85. The molecule has 0 amide bonds. The predicted molar refractivity (Wildman–Crippen MR) is 154 cm³/mol. The number of aromatic carboxylic acids is 1. The van der Waals surface area contributed by atoms with E-state index in [1.807, 2.05) is 42.5 Å². The van der Waals surface area contributed by atoms with Gasteiger partial charge in [0.05, 0.1) is 32.0 Å². The molecule has 194 valence electrons. The van der Waals surface area contributed by atoms with E-state index in [9.17, 15) is 9.90 Å². The number of nitrogens with zero attached hydrogens (tertiary/aromatic N) is 2. The number of aromatic nitrogens is 1. The summed E-state index contributed by atoms with van der Waals surface area (Å²) in [5, 5.41) is 11.0. The molecular formula is C29H23Cl3N2O3S. The van der Waals surface area contributed by atoms with Crippen LogP contribution in [0, 0.1) is 0 Å². The molecule has 0 bridgehead atoms. The van der Waals surface area contributed by atoms with Crippen molar-refractivity contribution >= 4 is 58.0 Å². The first kappa shape index (κ1) is 25.5. The first-order chi connectivity index (χ1) is 18.4. The topological polar surface area (TPSA) is 62.7 Å². The van der Waals surface area contributed by atoms with Gasteiger partial charge in [-0.25, -0.2) is 4.79 Å². The summed E-state index contributed by atoms with van der Waals surface area (Å²) in [4.78, 5) is 14.7. The summed E-state index contributed by atoms with van der Waals surface area (Å²) < 4.78 is 11.0. The van der Waals surface area contributed by atoms with Crippen molar-refractivity contribution in [1.29, 1.82) is 0 Å². The lowest BCUT2D eigenvalue weighted by atomic mass is 9.90. The molecule has 1 saturated carbocycles. The molecule has 0 atom stereocenters. The molecule has 1 aliphatic heterocycles. The fraction of sp³-hybridized carbons (Fsp3) is 0.241. The number of carboxylic acids is 1. The molecule has 3 aromatic carbocycles. The van der Waals surface area contributed by atoms with Crippen molar-refractivity contribution < 1.29 is 14.6 Å². The number of carbonyl (C=O) groups is 1. The van der Waals surface area contributed by atoms with Crippen molar-refractivity contribution in [3.8, 4) is 17.0 Å². The van der Waals surface area contributed by atoms with Crippen LogP contribution in [0.2, 0.25) is 15.1 Å². The van der Waals surface area contributed by atoms with Gasteiger partial charge in [0, 0.05) is 41.1 Å². The lowest BCUT2D eigenvalue weighted by molar-refractivity contribution is 0.0696. The Morgan fingerprint density at radius 3 is 2.39 bits per heavy atom. The maximum atomic E-state index is 11.3. The molecular weight excluding hydrogens is 563 g/mol. The molecule has 1 saturated heterocycles. The van der Waals surface area contributed by atoms with Crippen LogP contribution in [-0.2, 0) is 6.61 Å². The third kappa shape index (κ3) is 4.98. The Kier molecular flexibility index (Phi) is 6.99. The van der Waals surface area contributed by atoms with E-state index in [2.05, 4.69) is 4.90 Å². The van der Waals surface area contributed by atoms with Gasteiger partial charge in [-0.15, -0.1) is 0 Å². The largest absolute Gasteiger partial charge is 0.489 e. The molecule has 9 heteroatoms. The molecule has 1 aromatic heterocycles. The van der Waals surface area contributed by atoms with Crippen LogP contribution in [-0.4, -0.2) is 28.5 Å². The molecule has 2 fully saturated rings. The maximum Gasteiger partial charge on any atom is 0.335 e. The molecule has 2 heterocycles. The average molecular weight is 586 g/mol. The minimum Gasteiger partial charge on any atom is -0.489 e. The predicted octanol–water partition coefficient (Wildman–Crippen LogP) is 8.53. The highest BCUT2D eigenvalue weighted by molar-refractivity contribution is 7.06. The Morgan fingerprint density at radius 1 is 0.974 bits per heavy atom. The maximum absolute atomic E-state index is 11.3. The van der Waals surface area contributed by atoms with Gasteiger partial charge in [-0.1, -0.05) is 53.0 Å². The zero-order chi connectivity index (χ0) is 26.4.